The molecule has 0 bridgehead atoms. The summed E-state index contributed by atoms with van der Waals surface area (Å²) in [5.41, 5.74) is 15.3. The quantitative estimate of drug-likeness (QED) is 0.0477. The maximum Gasteiger partial charge on any atom is 0.488 e. The Labute approximate surface area is 500 Å². The van der Waals surface area contributed by atoms with E-state index < -0.39 is 7.12 Å². The van der Waals surface area contributed by atoms with Crippen molar-refractivity contribution < 1.29 is 33.9 Å². The first kappa shape index (κ1) is 60.9. The third kappa shape index (κ3) is 16.1. The number of nitrogens with one attached hydrogen (secondary N) is 3. The Morgan fingerprint density at radius 1 is 0.576 bits per heavy atom. The van der Waals surface area contributed by atoms with Gasteiger partial charge in [-0.2, -0.15) is 10.2 Å². The lowest BCUT2D eigenvalue weighted by atomic mass is 9.80. The minimum atomic E-state index is -1.53. The third-order valence-electron chi connectivity index (χ3n) is 13.3. The van der Waals surface area contributed by atoms with E-state index in [1.54, 1.807) is 38.6 Å². The van der Waals surface area contributed by atoms with Gasteiger partial charge < -0.3 is 35.5 Å². The van der Waals surface area contributed by atoms with Crippen LogP contribution in [0, 0.1) is 13.8 Å². The van der Waals surface area contributed by atoms with Crippen LogP contribution in [0.4, 0.5) is 17.1 Å². The van der Waals surface area contributed by atoms with Crippen molar-refractivity contribution in [1.82, 2.24) is 34.5 Å². The summed E-state index contributed by atoms with van der Waals surface area (Å²) in [5.74, 6) is 0.889. The van der Waals surface area contributed by atoms with Gasteiger partial charge in [0.05, 0.1) is 50.9 Å². The van der Waals surface area contributed by atoms with Crippen molar-refractivity contribution in [2.45, 2.75) is 40.4 Å². The van der Waals surface area contributed by atoms with Crippen molar-refractivity contribution in [2.75, 3.05) is 30.2 Å². The molecule has 18 nitrogen and oxygen atoms in total. The molecule has 428 valence electrons. The van der Waals surface area contributed by atoms with Crippen LogP contribution in [-0.4, -0.2) is 89.3 Å². The van der Waals surface area contributed by atoms with Gasteiger partial charge in [-0.3, -0.25) is 24.4 Å². The Hall–Kier alpha value is -10.1. The highest BCUT2D eigenvalue weighted by Gasteiger charge is 2.17. The summed E-state index contributed by atoms with van der Waals surface area (Å²) >= 11 is 3.45. The molecule has 5 N–H and O–H groups in total. The van der Waals surface area contributed by atoms with E-state index in [1.165, 1.54) is 23.8 Å². The molecule has 10 aromatic rings. The molecule has 5 aromatic carbocycles. The standard InChI is InChI=1S/C24H22N4O2.C17H15N3O.C15H14BrN3O.C9H10BNO3/c1-4-23(29)26-20-7-5-6-18(12-20)19-13-22-16(2)27-28(24(22)25-14-19)15-17-8-10-21(30-3)11-9-17;1-3-17(21)20-14-6-4-5-12(7-14)13-8-15-11(2)18-10-16(15)19-9-13;1-10-14-7-12(16)8-17-15(14)19(18-10)9-11-3-5-13(20-2)6-4-11;1-2-9(12)11-8-5-3-4-7(6-8)10(13)14/h4-14H,1,15H2,2-3H3,(H,26,29);3-9H,1,10H2,2H3,(H,20,21);3-8H,9H2,1-2H3;2-6,13-14H,1H2,(H,11,12). The van der Waals surface area contributed by atoms with Crippen LogP contribution in [0.1, 0.15) is 40.7 Å². The van der Waals surface area contributed by atoms with E-state index in [2.05, 4.69) is 100.0 Å². The fourth-order valence-electron chi connectivity index (χ4n) is 8.86. The molecule has 3 amide bonds. The van der Waals surface area contributed by atoms with E-state index >= 15 is 0 Å². The molecule has 6 heterocycles. The lowest BCUT2D eigenvalue weighted by molar-refractivity contribution is -0.112. The number of halogens is 1. The van der Waals surface area contributed by atoms with Gasteiger partial charge in [0, 0.05) is 73.3 Å². The van der Waals surface area contributed by atoms with E-state index in [0.29, 0.717) is 36.5 Å². The van der Waals surface area contributed by atoms with Gasteiger partial charge in [-0.1, -0.05) is 80.4 Å². The summed E-state index contributed by atoms with van der Waals surface area (Å²) in [6.45, 7) is 18.2. The normalized spacial score (nSPS) is 11.0. The molecule has 0 saturated heterocycles. The van der Waals surface area contributed by atoms with Crippen molar-refractivity contribution in [2.24, 2.45) is 4.99 Å². The lowest BCUT2D eigenvalue weighted by Crippen LogP contribution is -2.29. The zero-order valence-corrected chi connectivity index (χ0v) is 49.0. The van der Waals surface area contributed by atoms with Crippen LogP contribution >= 0.6 is 15.9 Å². The molecule has 1 aliphatic heterocycles. The molecular formula is C65H61BBrN11O7. The summed E-state index contributed by atoms with van der Waals surface area (Å²) in [5, 5.41) is 37.1. The fourth-order valence-corrected chi connectivity index (χ4v) is 9.19. The molecule has 0 unspecified atom stereocenters. The molecular weight excluding hydrogens is 1140 g/mol. The number of amides is 3. The number of carbonyl (C=O) groups is 3. The lowest BCUT2D eigenvalue weighted by Gasteiger charge is -2.07. The molecule has 1 aliphatic rings. The second-order valence-corrected chi connectivity index (χ2v) is 20.1. The first-order valence-electron chi connectivity index (χ1n) is 26.6. The average Bonchev–Trinajstić information content (AvgIpc) is 3.83. The Kier molecular flexibility index (Phi) is 20.6. The number of anilines is 3. The van der Waals surface area contributed by atoms with Crippen LogP contribution in [0.2, 0.25) is 0 Å². The highest BCUT2D eigenvalue weighted by atomic mass is 79.9. The van der Waals surface area contributed by atoms with E-state index in [-0.39, 0.29) is 17.7 Å². The molecule has 0 atom stereocenters. The molecule has 0 fully saturated rings. The molecule has 0 aliphatic carbocycles. The van der Waals surface area contributed by atoms with Crippen LogP contribution in [0.15, 0.2) is 206 Å². The summed E-state index contributed by atoms with van der Waals surface area (Å²) in [7, 11) is 1.79. The molecule has 0 spiro atoms. The Balaban J connectivity index is 0.000000153. The molecule has 11 rings (SSSR count). The molecule has 85 heavy (non-hydrogen) atoms. The van der Waals surface area contributed by atoms with Crippen molar-refractivity contribution in [1.29, 1.82) is 0 Å². The number of aromatic nitrogens is 7. The molecule has 5 aromatic heterocycles. The topological polar surface area (TPSA) is 233 Å². The fraction of sp³-hybridized carbons (Fsp3) is 0.123. The number of nitrogens with zero attached hydrogens (tertiary/aromatic N) is 8. The van der Waals surface area contributed by atoms with Gasteiger partial charge in [0.1, 0.15) is 11.5 Å². The second kappa shape index (κ2) is 28.7. The number of fused-ring (bicyclic) bond motifs is 3. The van der Waals surface area contributed by atoms with E-state index in [4.69, 9.17) is 19.5 Å². The number of hydrogen-bond donors (Lipinski definition) is 5. The number of aliphatic imine (C=N–C) groups is 1. The zero-order chi connectivity index (χ0) is 60.6. The monoisotopic (exact) mass is 1200 g/mol. The van der Waals surface area contributed by atoms with Gasteiger partial charge in [0.25, 0.3) is 0 Å². The predicted octanol–water partition coefficient (Wildman–Crippen LogP) is 10.8. The largest absolute Gasteiger partial charge is 0.497 e. The van der Waals surface area contributed by atoms with Crippen molar-refractivity contribution in [3.63, 3.8) is 0 Å². The Bertz CT molecular complexity index is 4110. The Morgan fingerprint density at radius 3 is 1.51 bits per heavy atom. The minimum Gasteiger partial charge on any atom is -0.497 e. The number of rotatable bonds is 15. The van der Waals surface area contributed by atoms with Gasteiger partial charge >= 0.3 is 7.12 Å². The second-order valence-electron chi connectivity index (χ2n) is 19.2. The van der Waals surface area contributed by atoms with Gasteiger partial charge in [-0.15, -0.1) is 0 Å². The highest BCUT2D eigenvalue weighted by molar-refractivity contribution is 9.10. The first-order chi connectivity index (χ1) is 41.0. The summed E-state index contributed by atoms with van der Waals surface area (Å²) in [4.78, 5) is 51.9. The number of benzene rings is 5. The number of ether oxygens (including phenoxy) is 2. The van der Waals surface area contributed by atoms with Gasteiger partial charge in [-0.25, -0.2) is 19.3 Å². The maximum atomic E-state index is 11.6. The number of hydrogen-bond acceptors (Lipinski definition) is 13. The van der Waals surface area contributed by atoms with Crippen LogP contribution in [0.3, 0.4) is 0 Å². The zero-order valence-electron chi connectivity index (χ0n) is 47.5. The molecule has 0 radical (unpaired) electrons. The van der Waals surface area contributed by atoms with Gasteiger partial charge in [0.15, 0.2) is 11.3 Å². The summed E-state index contributed by atoms with van der Waals surface area (Å²) in [6.07, 6.45) is 9.13. The predicted molar refractivity (Wildman–Crippen MR) is 340 cm³/mol. The first-order valence-corrected chi connectivity index (χ1v) is 27.4. The van der Waals surface area contributed by atoms with Gasteiger partial charge in [-0.05, 0) is 162 Å². The van der Waals surface area contributed by atoms with E-state index in [9.17, 15) is 14.4 Å². The summed E-state index contributed by atoms with van der Waals surface area (Å²) < 4.78 is 15.2. The van der Waals surface area contributed by atoms with Gasteiger partial charge in [0.2, 0.25) is 17.7 Å². The summed E-state index contributed by atoms with van der Waals surface area (Å²) in [6, 6.07) is 43.8. The van der Waals surface area contributed by atoms with Crippen molar-refractivity contribution in [3.05, 3.63) is 234 Å². The minimum absolute atomic E-state index is 0.220. The maximum absolute atomic E-state index is 11.6. The Morgan fingerprint density at radius 2 is 1.02 bits per heavy atom. The number of aryl methyl sites for hydroxylation is 2. The van der Waals surface area contributed by atoms with Crippen molar-refractivity contribution in [3.8, 4) is 33.8 Å². The molecule has 20 heteroatoms. The smallest absolute Gasteiger partial charge is 0.488 e. The van der Waals surface area contributed by atoms with Crippen LogP contribution in [-0.2, 0) is 34.0 Å². The van der Waals surface area contributed by atoms with Crippen LogP contribution in [0.5, 0.6) is 11.5 Å². The number of methoxy groups -OCH3 is 2. The molecule has 0 saturated carbocycles. The van der Waals surface area contributed by atoms with E-state index in [0.717, 1.165) is 106 Å². The third-order valence-corrected chi connectivity index (χ3v) is 13.7. The average molecular weight is 1200 g/mol. The highest BCUT2D eigenvalue weighted by Crippen LogP contribution is 2.29. The van der Waals surface area contributed by atoms with E-state index in [1.807, 2.05) is 140 Å². The van der Waals surface area contributed by atoms with Crippen molar-refractivity contribution >= 4 is 91.1 Å². The van der Waals surface area contributed by atoms with Crippen LogP contribution < -0.4 is 30.9 Å². The number of carbonyl (C=O) groups excluding carboxylic acids is 3. The van der Waals surface area contributed by atoms with Crippen LogP contribution in [0.25, 0.3) is 44.3 Å². The SMILES string of the molecule is C=CC(=O)Nc1cccc(-c2cnc3c(c2)C(C)=NC3)c1.C=CC(=O)Nc1cccc(-c2cnc3c(c2)c(C)nn3Cc2ccc(OC)cc2)c1.C=CC(=O)Nc1cccc(B(O)O)c1.COc1ccc(Cn2nc(C)c3cc(Br)cnc32)cc1. The number of pyridine rings is 3.